The molecule has 0 heterocycles. The highest BCUT2D eigenvalue weighted by molar-refractivity contribution is 9.09. The lowest BCUT2D eigenvalue weighted by molar-refractivity contribution is -0.0546. The highest BCUT2D eigenvalue weighted by Gasteiger charge is 2.16. The lowest BCUT2D eigenvalue weighted by Gasteiger charge is -2.08. The molecule has 0 atom stereocenters. The summed E-state index contributed by atoms with van der Waals surface area (Å²) in [5, 5.41) is 0.700. The van der Waals surface area contributed by atoms with E-state index in [1.807, 2.05) is 0 Å². The lowest BCUT2D eigenvalue weighted by Crippen LogP contribution is -2.06. The number of ether oxygens (including phenoxy) is 1. The predicted molar refractivity (Wildman–Crippen MR) is 55.1 cm³/mol. The molecule has 90 valence electrons. The maximum Gasteiger partial charge on any atom is 0.387 e. The van der Waals surface area contributed by atoms with Crippen molar-refractivity contribution in [2.24, 2.45) is 0 Å². The molecule has 0 spiro atoms. The van der Waals surface area contributed by atoms with Gasteiger partial charge in [0.15, 0.2) is 17.4 Å². The minimum atomic E-state index is -3.24. The van der Waals surface area contributed by atoms with Gasteiger partial charge < -0.3 is 4.74 Å². The first-order chi connectivity index (χ1) is 7.54. The second kappa shape index (κ2) is 6.08. The molecule has 0 unspecified atom stereocenters. The predicted octanol–water partition coefficient (Wildman–Crippen LogP) is 3.89. The summed E-state index contributed by atoms with van der Waals surface area (Å²) in [5.41, 5.74) is 0.413. The Bertz CT molecular complexity index is 334. The molecule has 0 bridgehead atoms. The minimum absolute atomic E-state index is 0.413. The van der Waals surface area contributed by atoms with Gasteiger partial charge in [-0.15, -0.1) is 0 Å². The molecule has 1 aromatic rings. The highest BCUT2D eigenvalue weighted by atomic mass is 79.9. The van der Waals surface area contributed by atoms with Crippen LogP contribution in [0.5, 0.6) is 5.75 Å². The molecule has 1 rings (SSSR count). The smallest absolute Gasteiger partial charge is 0.387 e. The van der Waals surface area contributed by atoms with Gasteiger partial charge in [0.1, 0.15) is 0 Å². The van der Waals surface area contributed by atoms with Crippen LogP contribution in [0.15, 0.2) is 12.1 Å². The summed E-state index contributed by atoms with van der Waals surface area (Å²) >= 11 is 3.18. The van der Waals surface area contributed by atoms with Gasteiger partial charge in [0.05, 0.1) is 0 Å². The zero-order chi connectivity index (χ0) is 12.1. The van der Waals surface area contributed by atoms with E-state index in [0.717, 1.165) is 12.1 Å². The number of hydrogen-bond donors (Lipinski definition) is 0. The fraction of sp³-hybridized carbons (Fsp3) is 0.400. The van der Waals surface area contributed by atoms with Crippen molar-refractivity contribution in [1.29, 1.82) is 0 Å². The Balaban J connectivity index is 2.89. The first-order valence-electron chi connectivity index (χ1n) is 4.53. The average Bonchev–Trinajstić information content (AvgIpc) is 2.20. The number of halogens is 5. The summed E-state index contributed by atoms with van der Waals surface area (Å²) in [7, 11) is 0. The van der Waals surface area contributed by atoms with E-state index in [2.05, 4.69) is 20.7 Å². The zero-order valence-electron chi connectivity index (χ0n) is 8.15. The fourth-order valence-electron chi connectivity index (χ4n) is 1.23. The number of hydrogen-bond acceptors (Lipinski definition) is 1. The van der Waals surface area contributed by atoms with Crippen molar-refractivity contribution >= 4 is 15.9 Å². The van der Waals surface area contributed by atoms with Crippen molar-refractivity contribution in [2.45, 2.75) is 19.5 Å². The van der Waals surface area contributed by atoms with Crippen LogP contribution in [0.3, 0.4) is 0 Å². The van der Waals surface area contributed by atoms with Gasteiger partial charge in [-0.2, -0.15) is 8.78 Å². The summed E-state index contributed by atoms with van der Waals surface area (Å²) in [6.07, 6.45) is 1.17. The van der Waals surface area contributed by atoms with Crippen molar-refractivity contribution in [3.05, 3.63) is 29.3 Å². The third kappa shape index (κ3) is 3.66. The topological polar surface area (TPSA) is 9.23 Å². The van der Waals surface area contributed by atoms with Crippen molar-refractivity contribution in [1.82, 2.24) is 0 Å². The number of aryl methyl sites for hydroxylation is 1. The standard InChI is InChI=1S/C10H9BrF4O/c11-3-1-2-6-4-7(12)9(8(13)5-6)16-10(14)15/h4-5,10H,1-3H2. The van der Waals surface area contributed by atoms with Crippen molar-refractivity contribution in [2.75, 3.05) is 5.33 Å². The van der Waals surface area contributed by atoms with E-state index in [1.165, 1.54) is 0 Å². The second-order valence-corrected chi connectivity index (χ2v) is 3.85. The molecule has 0 aromatic heterocycles. The van der Waals surface area contributed by atoms with E-state index in [9.17, 15) is 17.6 Å². The van der Waals surface area contributed by atoms with Crippen LogP contribution in [0, 0.1) is 11.6 Å². The van der Waals surface area contributed by atoms with E-state index in [-0.39, 0.29) is 0 Å². The number of alkyl halides is 3. The normalized spacial score (nSPS) is 10.9. The van der Waals surface area contributed by atoms with Crippen LogP contribution in [0.4, 0.5) is 17.6 Å². The molecule has 0 saturated heterocycles. The van der Waals surface area contributed by atoms with Gasteiger partial charge in [-0.3, -0.25) is 0 Å². The maximum absolute atomic E-state index is 13.2. The number of rotatable bonds is 5. The molecule has 0 radical (unpaired) electrons. The Morgan fingerprint density at radius 1 is 1.19 bits per heavy atom. The Morgan fingerprint density at radius 3 is 2.19 bits per heavy atom. The first kappa shape index (κ1) is 13.3. The Kier molecular flexibility index (Phi) is 5.05. The quantitative estimate of drug-likeness (QED) is 0.592. The summed E-state index contributed by atoms with van der Waals surface area (Å²) in [4.78, 5) is 0. The third-order valence-corrected chi connectivity index (χ3v) is 2.42. The van der Waals surface area contributed by atoms with Crippen molar-refractivity contribution in [3.63, 3.8) is 0 Å². The molecular formula is C10H9BrF4O. The van der Waals surface area contributed by atoms with Crippen LogP contribution in [0.25, 0.3) is 0 Å². The number of benzene rings is 1. The van der Waals surface area contributed by atoms with Gasteiger partial charge in [-0.25, -0.2) is 8.78 Å². The van der Waals surface area contributed by atoms with Gasteiger partial charge in [-0.1, -0.05) is 15.9 Å². The Morgan fingerprint density at radius 2 is 1.75 bits per heavy atom. The van der Waals surface area contributed by atoms with Crippen LogP contribution in [-0.4, -0.2) is 11.9 Å². The SMILES string of the molecule is Fc1cc(CCCBr)cc(F)c1OC(F)F. The summed E-state index contributed by atoms with van der Waals surface area (Å²) < 4.78 is 53.8. The molecule has 0 aliphatic heterocycles. The third-order valence-electron chi connectivity index (χ3n) is 1.86. The monoisotopic (exact) mass is 300 g/mol. The molecule has 0 aliphatic carbocycles. The largest absolute Gasteiger partial charge is 0.429 e. The Hall–Kier alpha value is -0.780. The van der Waals surface area contributed by atoms with Crippen LogP contribution in [0.1, 0.15) is 12.0 Å². The summed E-state index contributed by atoms with van der Waals surface area (Å²) in [5.74, 6) is -3.24. The van der Waals surface area contributed by atoms with E-state index >= 15 is 0 Å². The summed E-state index contributed by atoms with van der Waals surface area (Å²) in [6.45, 7) is -3.24. The molecule has 1 aromatic carbocycles. The van der Waals surface area contributed by atoms with Crippen LogP contribution in [0.2, 0.25) is 0 Å². The zero-order valence-corrected chi connectivity index (χ0v) is 9.74. The molecule has 16 heavy (non-hydrogen) atoms. The van der Waals surface area contributed by atoms with Gasteiger partial charge >= 0.3 is 6.61 Å². The lowest BCUT2D eigenvalue weighted by atomic mass is 10.1. The van der Waals surface area contributed by atoms with Crippen LogP contribution >= 0.6 is 15.9 Å². The average molecular weight is 301 g/mol. The molecule has 0 amide bonds. The van der Waals surface area contributed by atoms with Gasteiger partial charge in [0.25, 0.3) is 0 Å². The molecule has 0 fully saturated rings. The molecule has 6 heteroatoms. The van der Waals surface area contributed by atoms with Gasteiger partial charge in [0.2, 0.25) is 0 Å². The van der Waals surface area contributed by atoms with Crippen molar-refractivity contribution in [3.8, 4) is 5.75 Å². The molecule has 0 saturated carbocycles. The fourth-order valence-corrected chi connectivity index (χ4v) is 1.51. The maximum atomic E-state index is 13.2. The van der Waals surface area contributed by atoms with Crippen LogP contribution in [-0.2, 0) is 6.42 Å². The molecular weight excluding hydrogens is 292 g/mol. The molecule has 0 N–H and O–H groups in total. The second-order valence-electron chi connectivity index (χ2n) is 3.06. The molecule has 1 nitrogen and oxygen atoms in total. The van der Waals surface area contributed by atoms with Crippen molar-refractivity contribution < 1.29 is 22.3 Å². The van der Waals surface area contributed by atoms with Crippen LogP contribution < -0.4 is 4.74 Å². The van der Waals surface area contributed by atoms with Gasteiger partial charge in [-0.05, 0) is 30.5 Å². The van der Waals surface area contributed by atoms with E-state index in [1.54, 1.807) is 0 Å². The summed E-state index contributed by atoms with van der Waals surface area (Å²) in [6, 6.07) is 2.01. The highest BCUT2D eigenvalue weighted by Crippen LogP contribution is 2.25. The van der Waals surface area contributed by atoms with E-state index < -0.39 is 24.0 Å². The van der Waals surface area contributed by atoms with Gasteiger partial charge in [0, 0.05) is 5.33 Å². The first-order valence-corrected chi connectivity index (χ1v) is 5.65. The van der Waals surface area contributed by atoms with E-state index in [0.29, 0.717) is 23.7 Å². The minimum Gasteiger partial charge on any atom is -0.429 e. The Labute approximate surface area is 98.5 Å². The van der Waals surface area contributed by atoms with E-state index in [4.69, 9.17) is 0 Å². The molecule has 0 aliphatic rings.